The summed E-state index contributed by atoms with van der Waals surface area (Å²) >= 11 is 0. The number of rotatable bonds is 2. The Bertz CT molecular complexity index is 539. The van der Waals surface area contributed by atoms with Crippen LogP contribution >= 0.6 is 0 Å². The summed E-state index contributed by atoms with van der Waals surface area (Å²) in [4.78, 5) is 12.0. The highest BCUT2D eigenvalue weighted by Crippen LogP contribution is 2.38. The first-order chi connectivity index (χ1) is 9.60. The third-order valence-electron chi connectivity index (χ3n) is 3.65. The molecule has 7 heteroatoms. The Morgan fingerprint density at radius 1 is 1.14 bits per heavy atom. The van der Waals surface area contributed by atoms with E-state index in [9.17, 15) is 31.1 Å². The monoisotopic (exact) mass is 310 g/mol. The molecule has 1 fully saturated rings. The van der Waals surface area contributed by atoms with Crippen LogP contribution in [-0.4, -0.2) is 11.7 Å². The van der Waals surface area contributed by atoms with Crippen LogP contribution in [0.3, 0.4) is 0 Å². The lowest BCUT2D eigenvalue weighted by Crippen LogP contribution is -2.28. The van der Waals surface area contributed by atoms with Crippen molar-refractivity contribution >= 4 is 5.78 Å². The van der Waals surface area contributed by atoms with Crippen molar-refractivity contribution < 1.29 is 31.1 Å². The minimum absolute atomic E-state index is 0.0471. The van der Waals surface area contributed by atoms with E-state index in [2.05, 4.69) is 0 Å². The van der Waals surface area contributed by atoms with Gasteiger partial charge in [0.05, 0.1) is 5.56 Å². The predicted molar refractivity (Wildman–Crippen MR) is 62.6 cm³/mol. The standard InChI is InChI=1S/C14H12F6O/c15-11-7-9(1-2-10(11)14(18,19)20)12(21)8-3-5-13(16,17)6-4-8/h1-2,7-8H,3-6H2. The number of hydrogen-bond acceptors (Lipinski definition) is 1. The molecule has 21 heavy (non-hydrogen) atoms. The molecule has 1 nitrogen and oxygen atoms in total. The molecule has 1 aromatic rings. The van der Waals surface area contributed by atoms with Crippen LogP contribution in [0.4, 0.5) is 26.3 Å². The van der Waals surface area contributed by atoms with E-state index in [1.807, 2.05) is 0 Å². The van der Waals surface area contributed by atoms with Crippen LogP contribution in [0.2, 0.25) is 0 Å². The fourth-order valence-electron chi connectivity index (χ4n) is 2.44. The van der Waals surface area contributed by atoms with Crippen LogP contribution in [0.15, 0.2) is 18.2 Å². The molecular formula is C14H12F6O. The molecule has 1 saturated carbocycles. The van der Waals surface area contributed by atoms with Crippen molar-refractivity contribution in [1.82, 2.24) is 0 Å². The summed E-state index contributed by atoms with van der Waals surface area (Å²) in [5.74, 6) is -5.62. The molecule has 0 amide bonds. The fourth-order valence-corrected chi connectivity index (χ4v) is 2.44. The maximum atomic E-state index is 13.4. The van der Waals surface area contributed by atoms with E-state index in [1.54, 1.807) is 0 Å². The number of Topliss-reactive ketones (excluding diaryl/α,β-unsaturated/α-hetero) is 1. The zero-order valence-electron chi connectivity index (χ0n) is 10.8. The number of halogens is 6. The van der Waals surface area contributed by atoms with Gasteiger partial charge in [-0.15, -0.1) is 0 Å². The Morgan fingerprint density at radius 3 is 2.19 bits per heavy atom. The normalized spacial score (nSPS) is 19.5. The lowest BCUT2D eigenvalue weighted by Gasteiger charge is -2.27. The van der Waals surface area contributed by atoms with Crippen LogP contribution in [0.25, 0.3) is 0 Å². The Labute approximate surface area is 116 Å². The third-order valence-corrected chi connectivity index (χ3v) is 3.65. The van der Waals surface area contributed by atoms with Gasteiger partial charge in [-0.05, 0) is 25.0 Å². The molecule has 0 heterocycles. The van der Waals surface area contributed by atoms with Crippen molar-refractivity contribution in [3.8, 4) is 0 Å². The maximum absolute atomic E-state index is 13.4. The first kappa shape index (κ1) is 15.9. The Morgan fingerprint density at radius 2 is 1.71 bits per heavy atom. The van der Waals surface area contributed by atoms with Gasteiger partial charge in [0.1, 0.15) is 5.82 Å². The van der Waals surface area contributed by atoms with Crippen molar-refractivity contribution in [2.45, 2.75) is 37.8 Å². The Balaban J connectivity index is 2.16. The van der Waals surface area contributed by atoms with E-state index < -0.39 is 48.0 Å². The van der Waals surface area contributed by atoms with Gasteiger partial charge in [0.2, 0.25) is 5.92 Å². The van der Waals surface area contributed by atoms with Crippen LogP contribution in [0, 0.1) is 11.7 Å². The molecule has 0 N–H and O–H groups in total. The molecule has 1 aliphatic rings. The van der Waals surface area contributed by atoms with Crippen LogP contribution in [0.1, 0.15) is 41.6 Å². The second kappa shape index (κ2) is 5.35. The number of carbonyl (C=O) groups excluding carboxylic acids is 1. The van der Waals surface area contributed by atoms with Crippen LogP contribution < -0.4 is 0 Å². The van der Waals surface area contributed by atoms with E-state index in [1.165, 1.54) is 0 Å². The molecule has 0 atom stereocenters. The highest BCUT2D eigenvalue weighted by molar-refractivity contribution is 5.98. The second-order valence-corrected chi connectivity index (χ2v) is 5.19. The topological polar surface area (TPSA) is 17.1 Å². The van der Waals surface area contributed by atoms with E-state index in [4.69, 9.17) is 0 Å². The van der Waals surface area contributed by atoms with Gasteiger partial charge in [-0.25, -0.2) is 13.2 Å². The first-order valence-corrected chi connectivity index (χ1v) is 6.39. The SMILES string of the molecule is O=C(c1ccc(C(F)(F)F)c(F)c1)C1CCC(F)(F)CC1. The van der Waals surface area contributed by atoms with Gasteiger partial charge in [-0.1, -0.05) is 6.07 Å². The number of alkyl halides is 5. The van der Waals surface area contributed by atoms with Gasteiger partial charge in [0, 0.05) is 24.3 Å². The Kier molecular flexibility index (Phi) is 4.04. The van der Waals surface area contributed by atoms with Crippen molar-refractivity contribution in [3.05, 3.63) is 35.1 Å². The molecule has 2 rings (SSSR count). The van der Waals surface area contributed by atoms with Crippen molar-refractivity contribution in [2.75, 3.05) is 0 Å². The van der Waals surface area contributed by atoms with Crippen molar-refractivity contribution in [1.29, 1.82) is 0 Å². The molecule has 0 unspecified atom stereocenters. The molecule has 0 spiro atoms. The van der Waals surface area contributed by atoms with Gasteiger partial charge in [-0.3, -0.25) is 4.79 Å². The lowest BCUT2D eigenvalue weighted by molar-refractivity contribution is -0.140. The number of hydrogen-bond donors (Lipinski definition) is 0. The van der Waals surface area contributed by atoms with E-state index in [0.29, 0.717) is 12.1 Å². The average molecular weight is 310 g/mol. The zero-order chi connectivity index (χ0) is 15.8. The summed E-state index contributed by atoms with van der Waals surface area (Å²) in [6.07, 6.45) is -5.81. The summed E-state index contributed by atoms with van der Waals surface area (Å²) in [5.41, 5.74) is -1.66. The summed E-state index contributed by atoms with van der Waals surface area (Å²) in [6, 6.07) is 1.92. The van der Waals surface area contributed by atoms with E-state index in [-0.39, 0.29) is 18.4 Å². The first-order valence-electron chi connectivity index (χ1n) is 6.39. The molecule has 0 aliphatic heterocycles. The molecular weight excluding hydrogens is 298 g/mol. The molecule has 0 radical (unpaired) electrons. The van der Waals surface area contributed by atoms with Crippen LogP contribution in [0.5, 0.6) is 0 Å². The van der Waals surface area contributed by atoms with Gasteiger partial charge in [0.15, 0.2) is 5.78 Å². The van der Waals surface area contributed by atoms with Gasteiger partial charge >= 0.3 is 6.18 Å². The molecule has 0 saturated heterocycles. The van der Waals surface area contributed by atoms with Gasteiger partial charge < -0.3 is 0 Å². The minimum atomic E-state index is -4.83. The molecule has 1 aromatic carbocycles. The second-order valence-electron chi connectivity index (χ2n) is 5.19. The van der Waals surface area contributed by atoms with E-state index >= 15 is 0 Å². The molecule has 0 aromatic heterocycles. The average Bonchev–Trinajstić information content (AvgIpc) is 2.36. The van der Waals surface area contributed by atoms with Crippen molar-refractivity contribution in [3.63, 3.8) is 0 Å². The summed E-state index contributed by atoms with van der Waals surface area (Å²) in [7, 11) is 0. The summed E-state index contributed by atoms with van der Waals surface area (Å²) in [5, 5.41) is 0. The fraction of sp³-hybridized carbons (Fsp3) is 0.500. The summed E-state index contributed by atoms with van der Waals surface area (Å²) < 4.78 is 76.6. The number of ketones is 1. The van der Waals surface area contributed by atoms with Crippen molar-refractivity contribution in [2.24, 2.45) is 5.92 Å². The highest BCUT2D eigenvalue weighted by Gasteiger charge is 2.38. The highest BCUT2D eigenvalue weighted by atomic mass is 19.4. The minimum Gasteiger partial charge on any atom is -0.294 e. The quantitative estimate of drug-likeness (QED) is 0.563. The van der Waals surface area contributed by atoms with Gasteiger partial charge in [-0.2, -0.15) is 13.2 Å². The zero-order valence-corrected chi connectivity index (χ0v) is 10.8. The largest absolute Gasteiger partial charge is 0.419 e. The molecule has 1 aliphatic carbocycles. The smallest absolute Gasteiger partial charge is 0.294 e. The third kappa shape index (κ3) is 3.57. The van der Waals surface area contributed by atoms with Gasteiger partial charge in [0.25, 0.3) is 0 Å². The number of carbonyl (C=O) groups is 1. The number of benzene rings is 1. The predicted octanol–water partition coefficient (Wildman–Crippen LogP) is 4.85. The van der Waals surface area contributed by atoms with E-state index in [0.717, 1.165) is 6.07 Å². The molecule has 116 valence electrons. The van der Waals surface area contributed by atoms with Crippen LogP contribution in [-0.2, 0) is 6.18 Å². The Hall–Kier alpha value is -1.53. The maximum Gasteiger partial charge on any atom is 0.419 e. The summed E-state index contributed by atoms with van der Waals surface area (Å²) in [6.45, 7) is 0. The molecule has 0 bridgehead atoms. The lowest BCUT2D eigenvalue weighted by atomic mass is 9.82.